The van der Waals surface area contributed by atoms with Crippen LogP contribution >= 0.6 is 0 Å². The highest BCUT2D eigenvalue weighted by Gasteiger charge is 2.19. The van der Waals surface area contributed by atoms with E-state index < -0.39 is 11.9 Å². The van der Waals surface area contributed by atoms with Gasteiger partial charge in [-0.15, -0.1) is 0 Å². The molecule has 0 aromatic heterocycles. The van der Waals surface area contributed by atoms with Crippen molar-refractivity contribution in [3.8, 4) is 5.75 Å². The largest absolute Gasteiger partial charge is 0.483 e. The fourth-order valence-corrected chi connectivity index (χ4v) is 1.65. The van der Waals surface area contributed by atoms with Gasteiger partial charge >= 0.3 is 0 Å². The molecule has 1 rings (SSSR count). The number of hydrogen-bond donors (Lipinski definition) is 2. The average molecular weight is 241 g/mol. The molecular formula is C13H20FNO2. The molecule has 0 aliphatic carbocycles. The summed E-state index contributed by atoms with van der Waals surface area (Å²) in [6, 6.07) is 4.64. The van der Waals surface area contributed by atoms with E-state index in [1.807, 2.05) is 6.92 Å². The van der Waals surface area contributed by atoms with Crippen LogP contribution in [-0.4, -0.2) is 23.9 Å². The number of rotatable bonds is 6. The maximum Gasteiger partial charge on any atom is 0.167 e. The molecule has 0 aliphatic heterocycles. The van der Waals surface area contributed by atoms with E-state index in [-0.39, 0.29) is 18.4 Å². The lowest BCUT2D eigenvalue weighted by molar-refractivity contribution is 0.0879. The molecule has 0 radical (unpaired) electrons. The van der Waals surface area contributed by atoms with Crippen LogP contribution in [0.5, 0.6) is 5.75 Å². The van der Waals surface area contributed by atoms with Gasteiger partial charge in [-0.3, -0.25) is 0 Å². The molecule has 4 heteroatoms. The molecule has 0 amide bonds. The highest BCUT2D eigenvalue weighted by molar-refractivity contribution is 5.30. The molecule has 0 fully saturated rings. The first-order valence-electron chi connectivity index (χ1n) is 5.88. The van der Waals surface area contributed by atoms with E-state index in [4.69, 9.17) is 10.5 Å². The van der Waals surface area contributed by atoms with Gasteiger partial charge in [0.25, 0.3) is 0 Å². The number of aliphatic hydroxyl groups excluding tert-OH is 1. The number of nitrogens with two attached hydrogens (primary N) is 1. The van der Waals surface area contributed by atoms with Crippen LogP contribution in [0, 0.1) is 12.7 Å². The van der Waals surface area contributed by atoms with Gasteiger partial charge in [-0.25, -0.2) is 4.39 Å². The summed E-state index contributed by atoms with van der Waals surface area (Å²) in [5.74, 6) is -0.245. The van der Waals surface area contributed by atoms with Gasteiger partial charge < -0.3 is 15.6 Å². The minimum absolute atomic E-state index is 0.149. The molecule has 0 heterocycles. The summed E-state index contributed by atoms with van der Waals surface area (Å²) in [5, 5.41) is 9.22. The Hall–Kier alpha value is -1.13. The van der Waals surface area contributed by atoms with Crippen LogP contribution in [0.4, 0.5) is 4.39 Å². The van der Waals surface area contributed by atoms with Crippen molar-refractivity contribution in [2.75, 3.05) is 6.61 Å². The van der Waals surface area contributed by atoms with Crippen molar-refractivity contribution in [2.45, 2.75) is 38.8 Å². The zero-order chi connectivity index (χ0) is 12.8. The van der Waals surface area contributed by atoms with E-state index in [2.05, 4.69) is 0 Å². The molecule has 0 bridgehead atoms. The molecule has 96 valence electrons. The van der Waals surface area contributed by atoms with Crippen molar-refractivity contribution in [3.05, 3.63) is 29.6 Å². The summed E-state index contributed by atoms with van der Waals surface area (Å²) < 4.78 is 19.1. The molecule has 0 saturated heterocycles. The number of aryl methyl sites for hydroxylation is 1. The minimum Gasteiger partial charge on any atom is -0.483 e. The lowest BCUT2D eigenvalue weighted by atomic mass is 10.1. The molecule has 0 saturated carbocycles. The second kappa shape index (κ2) is 6.57. The Kier molecular flexibility index (Phi) is 5.38. The van der Waals surface area contributed by atoms with E-state index in [1.165, 1.54) is 0 Å². The Bertz CT molecular complexity index is 357. The Morgan fingerprint density at radius 2 is 2.18 bits per heavy atom. The zero-order valence-corrected chi connectivity index (χ0v) is 10.3. The first-order valence-corrected chi connectivity index (χ1v) is 5.88. The van der Waals surface area contributed by atoms with Crippen molar-refractivity contribution >= 4 is 0 Å². The Morgan fingerprint density at radius 3 is 2.76 bits per heavy atom. The van der Waals surface area contributed by atoms with E-state index in [0.717, 1.165) is 12.8 Å². The van der Waals surface area contributed by atoms with Gasteiger partial charge in [0.2, 0.25) is 0 Å². The molecular weight excluding hydrogens is 221 g/mol. The Balaban J connectivity index is 2.77. The first-order chi connectivity index (χ1) is 8.10. The lowest BCUT2D eigenvalue weighted by Gasteiger charge is -2.23. The normalized spacial score (nSPS) is 14.4. The third-order valence-electron chi connectivity index (χ3n) is 2.71. The van der Waals surface area contributed by atoms with Gasteiger partial charge in [-0.05, 0) is 25.0 Å². The fourth-order valence-electron chi connectivity index (χ4n) is 1.65. The second-order valence-electron chi connectivity index (χ2n) is 4.18. The molecule has 2 unspecified atom stereocenters. The van der Waals surface area contributed by atoms with Crippen LogP contribution in [0.15, 0.2) is 18.2 Å². The monoisotopic (exact) mass is 241 g/mol. The van der Waals surface area contributed by atoms with E-state index in [9.17, 15) is 9.50 Å². The van der Waals surface area contributed by atoms with Crippen molar-refractivity contribution in [2.24, 2.45) is 5.73 Å². The van der Waals surface area contributed by atoms with E-state index in [0.29, 0.717) is 5.56 Å². The third-order valence-corrected chi connectivity index (χ3v) is 2.71. The van der Waals surface area contributed by atoms with Crippen LogP contribution in [0.3, 0.4) is 0 Å². The van der Waals surface area contributed by atoms with Gasteiger partial charge in [-0.2, -0.15) is 0 Å². The summed E-state index contributed by atoms with van der Waals surface area (Å²) in [4.78, 5) is 0. The summed E-state index contributed by atoms with van der Waals surface area (Å²) in [7, 11) is 0. The predicted octanol–water partition coefficient (Wildman–Crippen LogP) is 2.00. The molecule has 0 spiro atoms. The third kappa shape index (κ3) is 3.68. The molecule has 3 N–H and O–H groups in total. The van der Waals surface area contributed by atoms with Crippen molar-refractivity contribution < 1.29 is 14.2 Å². The summed E-state index contributed by atoms with van der Waals surface area (Å²) >= 11 is 0. The summed E-state index contributed by atoms with van der Waals surface area (Å²) in [5.41, 5.74) is 6.38. The van der Waals surface area contributed by atoms with Crippen LogP contribution < -0.4 is 10.5 Å². The lowest BCUT2D eigenvalue weighted by Crippen LogP contribution is -2.41. The number of halogens is 1. The molecule has 1 aromatic carbocycles. The van der Waals surface area contributed by atoms with Gasteiger partial charge in [0, 0.05) is 6.04 Å². The predicted molar refractivity (Wildman–Crippen MR) is 65.5 cm³/mol. The van der Waals surface area contributed by atoms with Crippen molar-refractivity contribution in [1.29, 1.82) is 0 Å². The second-order valence-corrected chi connectivity index (χ2v) is 4.18. The van der Waals surface area contributed by atoms with Gasteiger partial charge in [0.1, 0.15) is 6.10 Å². The zero-order valence-electron chi connectivity index (χ0n) is 10.3. The number of benzene rings is 1. The number of aliphatic hydroxyl groups is 1. The van der Waals surface area contributed by atoms with Crippen LogP contribution in [-0.2, 0) is 0 Å². The molecule has 2 atom stereocenters. The van der Waals surface area contributed by atoms with E-state index >= 15 is 0 Å². The summed E-state index contributed by atoms with van der Waals surface area (Å²) in [6.07, 6.45) is 1.07. The standard InChI is InChI=1S/C13H20FNO2/c1-3-5-10(15)12(8-16)17-11-7-4-6-9(2)13(11)14/h4,6-7,10,12,16H,3,5,8,15H2,1-2H3. The van der Waals surface area contributed by atoms with Crippen LogP contribution in [0.1, 0.15) is 25.3 Å². The van der Waals surface area contributed by atoms with Gasteiger partial charge in [0.05, 0.1) is 6.61 Å². The first kappa shape index (κ1) is 13.9. The number of hydrogen-bond acceptors (Lipinski definition) is 3. The molecule has 3 nitrogen and oxygen atoms in total. The minimum atomic E-state index is -0.564. The topological polar surface area (TPSA) is 55.5 Å². The highest BCUT2D eigenvalue weighted by Crippen LogP contribution is 2.21. The van der Waals surface area contributed by atoms with Crippen molar-refractivity contribution in [1.82, 2.24) is 0 Å². The van der Waals surface area contributed by atoms with Gasteiger partial charge in [-0.1, -0.05) is 25.5 Å². The average Bonchev–Trinajstić information content (AvgIpc) is 2.31. The highest BCUT2D eigenvalue weighted by atomic mass is 19.1. The summed E-state index contributed by atoms with van der Waals surface area (Å²) in [6.45, 7) is 3.46. The Labute approximate surface area is 101 Å². The van der Waals surface area contributed by atoms with E-state index in [1.54, 1.807) is 25.1 Å². The van der Waals surface area contributed by atoms with Crippen molar-refractivity contribution in [3.63, 3.8) is 0 Å². The van der Waals surface area contributed by atoms with Gasteiger partial charge in [0.15, 0.2) is 11.6 Å². The molecule has 17 heavy (non-hydrogen) atoms. The SMILES string of the molecule is CCCC(N)C(CO)Oc1cccc(C)c1F. The number of ether oxygens (including phenoxy) is 1. The fraction of sp³-hybridized carbons (Fsp3) is 0.538. The molecule has 0 aliphatic rings. The molecule has 1 aromatic rings. The Morgan fingerprint density at radius 1 is 1.47 bits per heavy atom. The quantitative estimate of drug-likeness (QED) is 0.801. The maximum absolute atomic E-state index is 13.7. The van der Waals surface area contributed by atoms with Crippen LogP contribution in [0.2, 0.25) is 0 Å². The smallest absolute Gasteiger partial charge is 0.167 e. The maximum atomic E-state index is 13.7. The van der Waals surface area contributed by atoms with Crippen LogP contribution in [0.25, 0.3) is 0 Å².